The van der Waals surface area contributed by atoms with Gasteiger partial charge in [-0.3, -0.25) is 4.79 Å². The molecule has 3 rings (SSSR count). The Labute approximate surface area is 142 Å². The summed E-state index contributed by atoms with van der Waals surface area (Å²) in [4.78, 5) is 14.1. The third-order valence-corrected chi connectivity index (χ3v) is 4.58. The van der Waals surface area contributed by atoms with E-state index in [4.69, 9.17) is 5.73 Å². The predicted octanol–water partition coefficient (Wildman–Crippen LogP) is 3.60. The number of fused-ring (bicyclic) bond motifs is 1. The van der Waals surface area contributed by atoms with Gasteiger partial charge >= 0.3 is 6.18 Å². The van der Waals surface area contributed by atoms with Crippen molar-refractivity contribution in [3.63, 3.8) is 0 Å². The molecular weight excluding hydrogens is 353 g/mol. The van der Waals surface area contributed by atoms with Gasteiger partial charge in [-0.05, 0) is 11.6 Å². The van der Waals surface area contributed by atoms with E-state index >= 15 is 0 Å². The maximum Gasteiger partial charge on any atom is 0.417 e. The van der Waals surface area contributed by atoms with Crippen molar-refractivity contribution in [2.24, 2.45) is 0 Å². The third-order valence-electron chi connectivity index (χ3n) is 3.64. The van der Waals surface area contributed by atoms with Crippen LogP contribution in [0.4, 0.5) is 19.0 Å². The Morgan fingerprint density at radius 1 is 1.16 bits per heavy atom. The molecule has 25 heavy (non-hydrogen) atoms. The maximum absolute atomic E-state index is 13.0. The van der Waals surface area contributed by atoms with Crippen molar-refractivity contribution in [3.05, 3.63) is 50.6 Å². The number of benzene rings is 1. The number of aromatic amines is 1. The lowest BCUT2D eigenvalue weighted by atomic mass is 9.96. The van der Waals surface area contributed by atoms with Gasteiger partial charge in [-0.25, -0.2) is 0 Å². The maximum atomic E-state index is 13.0. The molecule has 0 atom stereocenters. The molecule has 124 valence electrons. The number of alkyl halides is 3. The summed E-state index contributed by atoms with van der Waals surface area (Å²) in [5.74, 6) is -0.205. The summed E-state index contributed by atoms with van der Waals surface area (Å²) in [6.07, 6.45) is -4.48. The minimum Gasteiger partial charge on any atom is -0.384 e. The van der Waals surface area contributed by atoms with Crippen molar-refractivity contribution >= 4 is 27.2 Å². The van der Waals surface area contributed by atoms with E-state index in [0.29, 0.717) is 4.70 Å². The Balaban J connectivity index is 2.34. The first-order chi connectivity index (χ1) is 11.8. The van der Waals surface area contributed by atoms with Gasteiger partial charge in [0.15, 0.2) is 0 Å². The monoisotopic (exact) mass is 360 g/mol. The van der Waals surface area contributed by atoms with E-state index in [2.05, 4.69) is 4.98 Å². The van der Waals surface area contributed by atoms with Crippen molar-refractivity contribution in [3.8, 4) is 23.3 Å². The number of pyridine rings is 1. The highest BCUT2D eigenvalue weighted by atomic mass is 32.1. The van der Waals surface area contributed by atoms with Gasteiger partial charge in [0.25, 0.3) is 5.56 Å². The van der Waals surface area contributed by atoms with E-state index in [1.54, 1.807) is 6.07 Å². The molecule has 0 aliphatic heterocycles. The van der Waals surface area contributed by atoms with E-state index < -0.39 is 17.3 Å². The zero-order valence-corrected chi connectivity index (χ0v) is 13.0. The molecule has 0 bridgehead atoms. The standard InChI is InChI=1S/C16H7F3N4OS/c17-16(18,19)11-6-25-12-3-7(1-2-8(11)12)13-9(4-20)14(22)23-15(24)10(13)5-21/h1-3,6H,(H3,22,23,24). The number of halogens is 3. The largest absolute Gasteiger partial charge is 0.417 e. The first kappa shape index (κ1) is 16.6. The molecular formula is C16H7F3N4OS. The van der Waals surface area contributed by atoms with Crippen LogP contribution in [0.3, 0.4) is 0 Å². The van der Waals surface area contributed by atoms with E-state index in [1.165, 1.54) is 18.2 Å². The smallest absolute Gasteiger partial charge is 0.384 e. The van der Waals surface area contributed by atoms with Crippen LogP contribution in [0.25, 0.3) is 21.2 Å². The molecule has 0 radical (unpaired) electrons. The van der Waals surface area contributed by atoms with Crippen molar-refractivity contribution in [1.82, 2.24) is 4.98 Å². The molecule has 0 spiro atoms. The second-order valence-corrected chi connectivity index (χ2v) is 5.99. The second kappa shape index (κ2) is 5.65. The fraction of sp³-hybridized carbons (Fsp3) is 0.0625. The summed E-state index contributed by atoms with van der Waals surface area (Å²) in [6, 6.07) is 7.53. The number of hydrogen-bond donors (Lipinski definition) is 2. The van der Waals surface area contributed by atoms with E-state index in [1.807, 2.05) is 6.07 Å². The molecule has 1 aromatic carbocycles. The fourth-order valence-corrected chi connectivity index (χ4v) is 3.54. The van der Waals surface area contributed by atoms with Crippen LogP contribution in [0, 0.1) is 22.7 Å². The Morgan fingerprint density at radius 2 is 1.84 bits per heavy atom. The number of nitrogens with one attached hydrogen (secondary N) is 1. The Hall–Kier alpha value is -3.30. The second-order valence-electron chi connectivity index (χ2n) is 5.07. The van der Waals surface area contributed by atoms with Gasteiger partial charge in [0, 0.05) is 21.0 Å². The van der Waals surface area contributed by atoms with Crippen LogP contribution in [0.5, 0.6) is 0 Å². The summed E-state index contributed by atoms with van der Waals surface area (Å²) in [7, 11) is 0. The number of hydrogen-bond acceptors (Lipinski definition) is 5. The topological polar surface area (TPSA) is 106 Å². The first-order valence-corrected chi connectivity index (χ1v) is 7.60. The number of aromatic nitrogens is 1. The van der Waals surface area contributed by atoms with Crippen molar-refractivity contribution < 1.29 is 13.2 Å². The van der Waals surface area contributed by atoms with Gasteiger partial charge in [0.05, 0.1) is 5.56 Å². The zero-order valence-electron chi connectivity index (χ0n) is 12.2. The number of nitriles is 2. The quantitative estimate of drug-likeness (QED) is 0.691. The van der Waals surface area contributed by atoms with Crippen LogP contribution in [-0.2, 0) is 6.18 Å². The zero-order chi connectivity index (χ0) is 18.4. The average Bonchev–Trinajstić information content (AvgIpc) is 2.97. The molecule has 0 aliphatic rings. The molecule has 0 fully saturated rings. The van der Waals surface area contributed by atoms with Gasteiger partial charge in [-0.15, -0.1) is 11.3 Å². The van der Waals surface area contributed by atoms with Crippen LogP contribution < -0.4 is 11.3 Å². The van der Waals surface area contributed by atoms with Crippen molar-refractivity contribution in [2.75, 3.05) is 5.73 Å². The van der Waals surface area contributed by atoms with Crippen LogP contribution in [0.1, 0.15) is 16.7 Å². The summed E-state index contributed by atoms with van der Waals surface area (Å²) < 4.78 is 39.2. The third kappa shape index (κ3) is 2.61. The molecule has 0 saturated carbocycles. The summed E-state index contributed by atoms with van der Waals surface area (Å²) in [6.45, 7) is 0. The first-order valence-electron chi connectivity index (χ1n) is 6.72. The van der Waals surface area contributed by atoms with Crippen molar-refractivity contribution in [1.29, 1.82) is 10.5 Å². The number of nitrogen functional groups attached to an aromatic ring is 1. The normalized spacial score (nSPS) is 11.2. The van der Waals surface area contributed by atoms with Gasteiger partial charge < -0.3 is 10.7 Å². The summed E-state index contributed by atoms with van der Waals surface area (Å²) >= 11 is 0.882. The molecule has 0 unspecified atom stereocenters. The lowest BCUT2D eigenvalue weighted by Crippen LogP contribution is -2.16. The van der Waals surface area contributed by atoms with Crippen LogP contribution in [-0.4, -0.2) is 4.98 Å². The number of H-pyrrole nitrogens is 1. The number of nitrogens with two attached hydrogens (primary N) is 1. The van der Waals surface area contributed by atoms with Crippen molar-refractivity contribution in [2.45, 2.75) is 6.18 Å². The molecule has 0 amide bonds. The van der Waals surface area contributed by atoms with Crippen LogP contribution in [0.2, 0.25) is 0 Å². The van der Waals surface area contributed by atoms with E-state index in [0.717, 1.165) is 16.7 Å². The van der Waals surface area contributed by atoms with Crippen LogP contribution >= 0.6 is 11.3 Å². The minimum atomic E-state index is -4.48. The Kier molecular flexibility index (Phi) is 3.74. The molecule has 5 nitrogen and oxygen atoms in total. The van der Waals surface area contributed by atoms with E-state index in [-0.39, 0.29) is 33.5 Å². The molecule has 2 heterocycles. The minimum absolute atomic E-state index is 0.00936. The lowest BCUT2D eigenvalue weighted by molar-refractivity contribution is -0.136. The molecule has 3 N–H and O–H groups in total. The Bertz CT molecular complexity index is 1150. The SMILES string of the molecule is N#Cc1c(N)[nH]c(=O)c(C#N)c1-c1ccc2c(C(F)(F)F)csc2c1. The molecule has 2 aromatic heterocycles. The molecule has 0 saturated heterocycles. The average molecular weight is 360 g/mol. The predicted molar refractivity (Wildman–Crippen MR) is 86.7 cm³/mol. The van der Waals surface area contributed by atoms with Gasteiger partial charge in [0.1, 0.15) is 29.1 Å². The lowest BCUT2D eigenvalue weighted by Gasteiger charge is -2.09. The molecule has 9 heteroatoms. The fourth-order valence-electron chi connectivity index (χ4n) is 2.54. The highest BCUT2D eigenvalue weighted by Crippen LogP contribution is 2.40. The number of rotatable bonds is 1. The highest BCUT2D eigenvalue weighted by Gasteiger charge is 2.33. The Morgan fingerprint density at radius 3 is 2.44 bits per heavy atom. The van der Waals surface area contributed by atoms with Gasteiger partial charge in [-0.1, -0.05) is 12.1 Å². The van der Waals surface area contributed by atoms with Gasteiger partial charge in [0.2, 0.25) is 0 Å². The molecule has 0 aliphatic carbocycles. The van der Waals surface area contributed by atoms with E-state index in [9.17, 15) is 28.5 Å². The molecule has 3 aromatic rings. The number of anilines is 1. The number of thiophene rings is 1. The highest BCUT2D eigenvalue weighted by molar-refractivity contribution is 7.17. The summed E-state index contributed by atoms with van der Waals surface area (Å²) in [5, 5.41) is 19.5. The summed E-state index contributed by atoms with van der Waals surface area (Å²) in [5.41, 5.74) is 3.96. The van der Waals surface area contributed by atoms with Crippen LogP contribution in [0.15, 0.2) is 28.4 Å². The van der Waals surface area contributed by atoms with Gasteiger partial charge in [-0.2, -0.15) is 23.7 Å². The number of nitrogens with zero attached hydrogens (tertiary/aromatic N) is 2.